The van der Waals surface area contributed by atoms with Crippen molar-refractivity contribution in [3.63, 3.8) is 0 Å². The summed E-state index contributed by atoms with van der Waals surface area (Å²) >= 11 is 0.996. The van der Waals surface area contributed by atoms with Crippen molar-refractivity contribution in [2.75, 3.05) is 5.73 Å². The zero-order valence-corrected chi connectivity index (χ0v) is 10.7. The SMILES string of the molecule is Nc1[nH]c(=O)sc1/C=C1/C(=O)C=Cc2ccccc21. The van der Waals surface area contributed by atoms with Crippen LogP contribution in [0.25, 0.3) is 17.7 Å². The molecule has 0 saturated heterocycles. The maximum absolute atomic E-state index is 12.0. The van der Waals surface area contributed by atoms with Crippen LogP contribution < -0.4 is 10.6 Å². The average molecular weight is 270 g/mol. The number of carbonyl (C=O) groups is 1. The zero-order valence-electron chi connectivity index (χ0n) is 9.84. The maximum atomic E-state index is 12.0. The van der Waals surface area contributed by atoms with E-state index in [9.17, 15) is 9.59 Å². The third kappa shape index (κ3) is 2.04. The van der Waals surface area contributed by atoms with Crippen LogP contribution in [0.15, 0.2) is 35.1 Å². The van der Waals surface area contributed by atoms with Crippen molar-refractivity contribution in [3.05, 3.63) is 56.0 Å². The van der Waals surface area contributed by atoms with Gasteiger partial charge in [-0.25, -0.2) is 0 Å². The minimum absolute atomic E-state index is 0.0843. The molecule has 1 heterocycles. The topological polar surface area (TPSA) is 76.0 Å². The second kappa shape index (κ2) is 4.37. The van der Waals surface area contributed by atoms with Crippen LogP contribution in [0.5, 0.6) is 0 Å². The Bertz CT molecular complexity index is 781. The summed E-state index contributed by atoms with van der Waals surface area (Å²) in [6.45, 7) is 0. The molecule has 1 aliphatic carbocycles. The van der Waals surface area contributed by atoms with Crippen molar-refractivity contribution < 1.29 is 4.79 Å². The first kappa shape index (κ1) is 11.7. The summed E-state index contributed by atoms with van der Waals surface area (Å²) in [6.07, 6.45) is 4.99. The number of nitrogens with one attached hydrogen (secondary N) is 1. The normalized spacial score (nSPS) is 15.8. The number of anilines is 1. The fourth-order valence-electron chi connectivity index (χ4n) is 2.01. The van der Waals surface area contributed by atoms with Crippen LogP contribution in [-0.2, 0) is 4.79 Å². The number of ketones is 1. The van der Waals surface area contributed by atoms with Gasteiger partial charge in [0.15, 0.2) is 5.78 Å². The van der Waals surface area contributed by atoms with Crippen LogP contribution in [0.4, 0.5) is 5.82 Å². The van der Waals surface area contributed by atoms with Gasteiger partial charge in [0, 0.05) is 5.57 Å². The lowest BCUT2D eigenvalue weighted by Crippen LogP contribution is -2.04. The summed E-state index contributed by atoms with van der Waals surface area (Å²) in [5.41, 5.74) is 8.10. The highest BCUT2D eigenvalue weighted by Crippen LogP contribution is 2.29. The molecule has 0 bridgehead atoms. The van der Waals surface area contributed by atoms with Gasteiger partial charge in [-0.15, -0.1) is 0 Å². The van der Waals surface area contributed by atoms with E-state index in [1.165, 1.54) is 6.08 Å². The number of carbonyl (C=O) groups excluding carboxylic acids is 1. The first-order valence-electron chi connectivity index (χ1n) is 5.67. The van der Waals surface area contributed by atoms with Gasteiger partial charge in [-0.1, -0.05) is 41.7 Å². The number of aromatic amines is 1. The van der Waals surface area contributed by atoms with E-state index in [1.807, 2.05) is 24.3 Å². The number of hydrogen-bond donors (Lipinski definition) is 2. The molecule has 1 aromatic carbocycles. The number of thiazole rings is 1. The number of hydrogen-bond acceptors (Lipinski definition) is 4. The quantitative estimate of drug-likeness (QED) is 0.780. The Morgan fingerprint density at radius 1 is 1.16 bits per heavy atom. The van der Waals surface area contributed by atoms with Crippen LogP contribution in [0.2, 0.25) is 0 Å². The molecule has 0 amide bonds. The minimum atomic E-state index is -0.226. The molecule has 0 spiro atoms. The summed E-state index contributed by atoms with van der Waals surface area (Å²) < 4.78 is 0. The summed E-state index contributed by atoms with van der Waals surface area (Å²) in [5.74, 6) is 0.210. The lowest BCUT2D eigenvalue weighted by atomic mass is 9.91. The maximum Gasteiger partial charge on any atom is 0.306 e. The minimum Gasteiger partial charge on any atom is -0.384 e. The molecule has 19 heavy (non-hydrogen) atoms. The van der Waals surface area contributed by atoms with Crippen molar-refractivity contribution in [2.24, 2.45) is 0 Å². The van der Waals surface area contributed by atoms with Crippen LogP contribution in [-0.4, -0.2) is 10.8 Å². The summed E-state index contributed by atoms with van der Waals surface area (Å²) in [4.78, 5) is 26.1. The number of rotatable bonds is 1. The van der Waals surface area contributed by atoms with Gasteiger partial charge < -0.3 is 5.73 Å². The highest BCUT2D eigenvalue weighted by Gasteiger charge is 2.17. The first-order valence-corrected chi connectivity index (χ1v) is 6.49. The van der Waals surface area contributed by atoms with E-state index >= 15 is 0 Å². The van der Waals surface area contributed by atoms with E-state index < -0.39 is 0 Å². The van der Waals surface area contributed by atoms with Gasteiger partial charge in [-0.05, 0) is 23.3 Å². The standard InChI is InChI=1S/C14H10N2O2S/c15-13-12(19-14(18)16-13)7-10-9-4-2-1-3-8(9)5-6-11(10)17/h1-7H,15H2,(H,16,18)/b10-7+. The van der Waals surface area contributed by atoms with E-state index in [0.29, 0.717) is 16.3 Å². The van der Waals surface area contributed by atoms with E-state index in [0.717, 1.165) is 22.5 Å². The number of fused-ring (bicyclic) bond motifs is 1. The van der Waals surface area contributed by atoms with E-state index in [2.05, 4.69) is 4.98 Å². The molecule has 3 rings (SSSR count). The van der Waals surface area contributed by atoms with Crippen molar-refractivity contribution >= 4 is 40.7 Å². The Hall–Kier alpha value is -2.40. The van der Waals surface area contributed by atoms with Crippen LogP contribution in [0, 0.1) is 0 Å². The molecule has 1 aromatic heterocycles. The third-order valence-electron chi connectivity index (χ3n) is 2.91. The molecule has 0 aliphatic heterocycles. The predicted octanol–water partition coefficient (Wildman–Crippen LogP) is 2.16. The molecule has 5 heteroatoms. The number of nitrogen functional groups attached to an aromatic ring is 1. The van der Waals surface area contributed by atoms with Gasteiger partial charge >= 0.3 is 4.87 Å². The van der Waals surface area contributed by atoms with Gasteiger partial charge in [-0.3, -0.25) is 14.6 Å². The molecular formula is C14H10N2O2S. The number of benzene rings is 1. The molecule has 4 nitrogen and oxygen atoms in total. The van der Waals surface area contributed by atoms with Gasteiger partial charge in [0.05, 0.1) is 4.88 Å². The van der Waals surface area contributed by atoms with Crippen LogP contribution in [0.1, 0.15) is 16.0 Å². The fraction of sp³-hybridized carbons (Fsp3) is 0. The van der Waals surface area contributed by atoms with Crippen molar-refractivity contribution in [1.29, 1.82) is 0 Å². The third-order valence-corrected chi connectivity index (χ3v) is 3.76. The zero-order chi connectivity index (χ0) is 13.4. The largest absolute Gasteiger partial charge is 0.384 e. The monoisotopic (exact) mass is 270 g/mol. The Morgan fingerprint density at radius 2 is 1.95 bits per heavy atom. The molecule has 0 unspecified atom stereocenters. The fourth-order valence-corrected chi connectivity index (χ4v) is 2.71. The Labute approximate surface area is 112 Å². The number of H-pyrrole nitrogens is 1. The average Bonchev–Trinajstić information content (AvgIpc) is 2.71. The molecule has 0 atom stereocenters. The smallest absolute Gasteiger partial charge is 0.306 e. The van der Waals surface area contributed by atoms with E-state index in [4.69, 9.17) is 5.73 Å². The Balaban J connectivity index is 2.19. The summed E-state index contributed by atoms with van der Waals surface area (Å²) in [6, 6.07) is 7.62. The van der Waals surface area contributed by atoms with Crippen LogP contribution >= 0.6 is 11.3 Å². The predicted molar refractivity (Wildman–Crippen MR) is 77.7 cm³/mol. The Morgan fingerprint density at radius 3 is 2.68 bits per heavy atom. The highest BCUT2D eigenvalue weighted by atomic mass is 32.1. The molecule has 94 valence electrons. The van der Waals surface area contributed by atoms with Gasteiger partial charge in [0.1, 0.15) is 5.82 Å². The molecule has 1 aliphatic rings. The molecule has 0 radical (unpaired) electrons. The first-order chi connectivity index (χ1) is 9.15. The van der Waals surface area contributed by atoms with Gasteiger partial charge in [0.25, 0.3) is 0 Å². The second-order valence-electron chi connectivity index (χ2n) is 4.14. The molecule has 3 N–H and O–H groups in total. The summed E-state index contributed by atoms with van der Waals surface area (Å²) in [7, 11) is 0. The Kier molecular flexibility index (Phi) is 2.68. The van der Waals surface area contributed by atoms with Crippen molar-refractivity contribution in [1.82, 2.24) is 4.98 Å². The number of allylic oxidation sites excluding steroid dienone is 2. The second-order valence-corrected chi connectivity index (χ2v) is 5.15. The number of nitrogens with two attached hydrogens (primary N) is 1. The molecule has 0 fully saturated rings. The lowest BCUT2D eigenvalue weighted by molar-refractivity contribution is -0.109. The number of aromatic nitrogens is 1. The molecule has 0 saturated carbocycles. The van der Waals surface area contributed by atoms with E-state index in [-0.39, 0.29) is 10.7 Å². The van der Waals surface area contributed by atoms with Gasteiger partial charge in [0.2, 0.25) is 0 Å². The van der Waals surface area contributed by atoms with Crippen molar-refractivity contribution in [3.8, 4) is 0 Å². The molecule has 2 aromatic rings. The molecular weight excluding hydrogens is 260 g/mol. The van der Waals surface area contributed by atoms with E-state index in [1.54, 1.807) is 12.2 Å². The lowest BCUT2D eigenvalue weighted by Gasteiger charge is -2.12. The highest BCUT2D eigenvalue weighted by molar-refractivity contribution is 7.10. The van der Waals surface area contributed by atoms with Gasteiger partial charge in [-0.2, -0.15) is 0 Å². The van der Waals surface area contributed by atoms with Crippen LogP contribution in [0.3, 0.4) is 0 Å². The summed E-state index contributed by atoms with van der Waals surface area (Å²) in [5, 5.41) is 0. The van der Waals surface area contributed by atoms with Crippen molar-refractivity contribution in [2.45, 2.75) is 0 Å².